The Kier molecular flexibility index (Phi) is 6.49. The van der Waals surface area contributed by atoms with Crippen LogP contribution in [0.15, 0.2) is 53.4 Å². The second-order valence-electron chi connectivity index (χ2n) is 7.37. The monoisotopic (exact) mass is 401 g/mol. The molecule has 1 amide bonds. The summed E-state index contributed by atoms with van der Waals surface area (Å²) in [5.74, 6) is -0.220. The summed E-state index contributed by atoms with van der Waals surface area (Å²) in [7, 11) is 0.596. The molecule has 1 fully saturated rings. The van der Waals surface area contributed by atoms with Crippen molar-refractivity contribution in [1.82, 2.24) is 14.5 Å². The van der Waals surface area contributed by atoms with Crippen LogP contribution in [0.5, 0.6) is 0 Å². The van der Waals surface area contributed by atoms with Crippen LogP contribution in [-0.2, 0) is 23.1 Å². The molecule has 1 aliphatic heterocycles. The summed E-state index contributed by atoms with van der Waals surface area (Å²) < 4.78 is 26.6. The molecule has 0 bridgehead atoms. The Labute approximate surface area is 167 Å². The standard InChI is InChI=1S/C21H27N3O3S/c1-23(2)16-18-7-5-17(6-8-18)15-22-21(25)19-9-11-20(12-10-19)28(26,27)24-13-3-4-14-24/h5-12H,3-4,13-16H2,1-2H3,(H,22,25). The zero-order valence-corrected chi connectivity index (χ0v) is 17.2. The quantitative estimate of drug-likeness (QED) is 0.774. The molecule has 1 heterocycles. The minimum Gasteiger partial charge on any atom is -0.348 e. The number of benzene rings is 2. The number of rotatable bonds is 7. The van der Waals surface area contributed by atoms with Crippen LogP contribution in [-0.4, -0.2) is 50.7 Å². The molecular weight excluding hydrogens is 374 g/mol. The molecule has 7 heteroatoms. The minimum atomic E-state index is -3.45. The van der Waals surface area contributed by atoms with E-state index in [-0.39, 0.29) is 10.8 Å². The number of hydrogen-bond donors (Lipinski definition) is 1. The SMILES string of the molecule is CN(C)Cc1ccc(CNC(=O)c2ccc(S(=O)(=O)N3CCCC3)cc2)cc1. The van der Waals surface area contributed by atoms with E-state index in [1.807, 2.05) is 26.2 Å². The zero-order chi connectivity index (χ0) is 20.1. The van der Waals surface area contributed by atoms with E-state index in [1.165, 1.54) is 22.0 Å². The third-order valence-corrected chi connectivity index (χ3v) is 6.71. The molecule has 2 aromatic rings. The predicted octanol–water partition coefficient (Wildman–Crippen LogP) is 2.46. The number of nitrogens with zero attached hydrogens (tertiary/aromatic N) is 2. The molecule has 6 nitrogen and oxygen atoms in total. The Morgan fingerprint density at radius 1 is 0.964 bits per heavy atom. The Hall–Kier alpha value is -2.22. The van der Waals surface area contributed by atoms with Gasteiger partial charge in [-0.05, 0) is 62.3 Å². The average Bonchev–Trinajstić information content (AvgIpc) is 3.22. The van der Waals surface area contributed by atoms with Gasteiger partial charge in [0.1, 0.15) is 0 Å². The minimum absolute atomic E-state index is 0.220. The number of sulfonamides is 1. The van der Waals surface area contributed by atoms with Crippen molar-refractivity contribution in [2.45, 2.75) is 30.8 Å². The number of carbonyl (C=O) groups excluding carboxylic acids is 1. The molecule has 1 aliphatic rings. The van der Waals surface area contributed by atoms with Crippen molar-refractivity contribution >= 4 is 15.9 Å². The maximum atomic E-state index is 12.5. The number of nitrogens with one attached hydrogen (secondary N) is 1. The molecule has 3 rings (SSSR count). The topological polar surface area (TPSA) is 69.7 Å². The van der Waals surface area contributed by atoms with E-state index in [0.29, 0.717) is 25.2 Å². The number of hydrogen-bond acceptors (Lipinski definition) is 4. The lowest BCUT2D eigenvalue weighted by molar-refractivity contribution is 0.0951. The highest BCUT2D eigenvalue weighted by Crippen LogP contribution is 2.21. The lowest BCUT2D eigenvalue weighted by Gasteiger charge is -2.15. The van der Waals surface area contributed by atoms with Crippen molar-refractivity contribution < 1.29 is 13.2 Å². The van der Waals surface area contributed by atoms with Gasteiger partial charge in [-0.25, -0.2) is 8.42 Å². The van der Waals surface area contributed by atoms with Crippen molar-refractivity contribution in [2.24, 2.45) is 0 Å². The zero-order valence-electron chi connectivity index (χ0n) is 16.4. The second-order valence-corrected chi connectivity index (χ2v) is 9.31. The molecular formula is C21H27N3O3S. The largest absolute Gasteiger partial charge is 0.348 e. The van der Waals surface area contributed by atoms with Crippen molar-refractivity contribution in [3.63, 3.8) is 0 Å². The highest BCUT2D eigenvalue weighted by molar-refractivity contribution is 7.89. The predicted molar refractivity (Wildman–Crippen MR) is 109 cm³/mol. The van der Waals surface area contributed by atoms with Crippen LogP contribution in [0.1, 0.15) is 34.3 Å². The number of amides is 1. The van der Waals surface area contributed by atoms with Crippen molar-refractivity contribution in [3.05, 3.63) is 65.2 Å². The van der Waals surface area contributed by atoms with Gasteiger partial charge >= 0.3 is 0 Å². The first-order valence-corrected chi connectivity index (χ1v) is 10.9. The van der Waals surface area contributed by atoms with Crippen LogP contribution >= 0.6 is 0 Å². The van der Waals surface area contributed by atoms with Crippen molar-refractivity contribution in [2.75, 3.05) is 27.2 Å². The van der Waals surface area contributed by atoms with Crippen LogP contribution in [0.25, 0.3) is 0 Å². The highest BCUT2D eigenvalue weighted by atomic mass is 32.2. The summed E-state index contributed by atoms with van der Waals surface area (Å²) in [5, 5.41) is 2.88. The Morgan fingerprint density at radius 2 is 1.54 bits per heavy atom. The highest BCUT2D eigenvalue weighted by Gasteiger charge is 2.27. The third-order valence-electron chi connectivity index (χ3n) is 4.79. The molecule has 28 heavy (non-hydrogen) atoms. The first-order valence-electron chi connectivity index (χ1n) is 9.47. The maximum Gasteiger partial charge on any atom is 0.251 e. The first-order chi connectivity index (χ1) is 13.4. The summed E-state index contributed by atoms with van der Waals surface area (Å²) >= 11 is 0. The average molecular weight is 402 g/mol. The van der Waals surface area contributed by atoms with Gasteiger partial charge in [-0.3, -0.25) is 4.79 Å². The fourth-order valence-corrected chi connectivity index (χ4v) is 4.78. The fourth-order valence-electron chi connectivity index (χ4n) is 3.27. The van der Waals surface area contributed by atoms with Gasteiger partial charge < -0.3 is 10.2 Å². The molecule has 0 saturated carbocycles. The summed E-state index contributed by atoms with van der Waals surface area (Å²) in [5.41, 5.74) is 2.68. The molecule has 2 aromatic carbocycles. The Balaban J connectivity index is 1.59. The summed E-state index contributed by atoms with van der Waals surface area (Å²) in [6.07, 6.45) is 1.80. The summed E-state index contributed by atoms with van der Waals surface area (Å²) in [4.78, 5) is 14.7. The molecule has 0 aromatic heterocycles. The smallest absolute Gasteiger partial charge is 0.251 e. The van der Waals surface area contributed by atoms with E-state index in [4.69, 9.17) is 0 Å². The molecule has 0 spiro atoms. The van der Waals surface area contributed by atoms with Gasteiger partial charge in [-0.15, -0.1) is 0 Å². The van der Waals surface area contributed by atoms with Crippen LogP contribution < -0.4 is 5.32 Å². The molecule has 1 saturated heterocycles. The van der Waals surface area contributed by atoms with Gasteiger partial charge in [-0.2, -0.15) is 4.31 Å². The first kappa shape index (κ1) is 20.5. The fraction of sp³-hybridized carbons (Fsp3) is 0.381. The van der Waals surface area contributed by atoms with E-state index in [0.717, 1.165) is 24.9 Å². The van der Waals surface area contributed by atoms with E-state index in [1.54, 1.807) is 12.1 Å². The molecule has 0 aliphatic carbocycles. The maximum absolute atomic E-state index is 12.5. The van der Waals surface area contributed by atoms with Gasteiger partial charge in [0.05, 0.1) is 4.90 Å². The third kappa shape index (κ3) is 4.98. The van der Waals surface area contributed by atoms with Crippen LogP contribution in [0.4, 0.5) is 0 Å². The Morgan fingerprint density at radius 3 is 2.11 bits per heavy atom. The van der Waals surface area contributed by atoms with E-state index < -0.39 is 10.0 Å². The normalized spacial score (nSPS) is 15.1. The van der Waals surface area contributed by atoms with Gasteiger partial charge in [0.2, 0.25) is 10.0 Å². The van der Waals surface area contributed by atoms with Crippen LogP contribution in [0.2, 0.25) is 0 Å². The van der Waals surface area contributed by atoms with E-state index in [9.17, 15) is 13.2 Å². The molecule has 1 N–H and O–H groups in total. The molecule has 0 unspecified atom stereocenters. The summed E-state index contributed by atoms with van der Waals surface area (Å²) in [6, 6.07) is 14.3. The van der Waals surface area contributed by atoms with Gasteiger partial charge in [0.25, 0.3) is 5.91 Å². The van der Waals surface area contributed by atoms with Gasteiger partial charge in [-0.1, -0.05) is 24.3 Å². The molecule has 0 atom stereocenters. The van der Waals surface area contributed by atoms with Gasteiger partial charge in [0, 0.05) is 31.7 Å². The van der Waals surface area contributed by atoms with E-state index >= 15 is 0 Å². The summed E-state index contributed by atoms with van der Waals surface area (Å²) in [6.45, 7) is 2.43. The Bertz CT molecular complexity index is 901. The van der Waals surface area contributed by atoms with Crippen LogP contribution in [0.3, 0.4) is 0 Å². The van der Waals surface area contributed by atoms with Crippen molar-refractivity contribution in [1.29, 1.82) is 0 Å². The lowest BCUT2D eigenvalue weighted by Crippen LogP contribution is -2.28. The molecule has 0 radical (unpaired) electrons. The lowest BCUT2D eigenvalue weighted by atomic mass is 10.1. The molecule has 150 valence electrons. The number of carbonyl (C=O) groups is 1. The van der Waals surface area contributed by atoms with E-state index in [2.05, 4.69) is 22.3 Å². The van der Waals surface area contributed by atoms with Crippen LogP contribution in [0, 0.1) is 0 Å². The van der Waals surface area contributed by atoms with Crippen molar-refractivity contribution in [3.8, 4) is 0 Å². The van der Waals surface area contributed by atoms with Gasteiger partial charge in [0.15, 0.2) is 0 Å². The second kappa shape index (κ2) is 8.86.